The zero-order chi connectivity index (χ0) is 18.7. The van der Waals surface area contributed by atoms with E-state index in [1.165, 1.54) is 16.3 Å². The summed E-state index contributed by atoms with van der Waals surface area (Å²) in [5, 5.41) is 3.37. The molecule has 0 saturated carbocycles. The molecule has 0 radical (unpaired) electrons. The number of carbonyl (C=O) groups excluding carboxylic acids is 1. The Kier molecular flexibility index (Phi) is 5.37. The van der Waals surface area contributed by atoms with Crippen LogP contribution >= 0.6 is 11.8 Å². The van der Waals surface area contributed by atoms with Crippen LogP contribution in [0.4, 0.5) is 0 Å². The molecule has 0 spiro atoms. The summed E-state index contributed by atoms with van der Waals surface area (Å²) in [6, 6.07) is 10.9. The number of aromatic nitrogens is 3. The number of thioether (sulfide) groups is 1. The topological polar surface area (TPSA) is 76.9 Å². The van der Waals surface area contributed by atoms with Gasteiger partial charge in [0, 0.05) is 12.7 Å². The Balaban J connectivity index is 2.18. The number of hydrogen-bond donors (Lipinski definition) is 1. The molecule has 1 atom stereocenters. The number of nitrogens with one attached hydrogen (secondary N) is 1. The number of rotatable bonds is 5. The molecule has 6 nitrogen and oxygen atoms in total. The zero-order valence-corrected chi connectivity index (χ0v) is 15.7. The van der Waals surface area contributed by atoms with Crippen LogP contribution in [0, 0.1) is 6.92 Å². The van der Waals surface area contributed by atoms with Crippen LogP contribution in [-0.4, -0.2) is 32.2 Å². The molecule has 7 heteroatoms. The van der Waals surface area contributed by atoms with Crippen LogP contribution in [0.25, 0.3) is 16.7 Å². The first-order valence-electron chi connectivity index (χ1n) is 8.40. The Morgan fingerprint density at radius 3 is 2.81 bits per heavy atom. The number of carbonyl (C=O) groups is 1. The van der Waals surface area contributed by atoms with Crippen molar-refractivity contribution in [3.8, 4) is 5.82 Å². The summed E-state index contributed by atoms with van der Waals surface area (Å²) >= 11 is 1.25. The Labute approximate surface area is 155 Å². The van der Waals surface area contributed by atoms with Gasteiger partial charge >= 0.3 is 0 Å². The number of nitrogens with zero attached hydrogens (tertiary/aromatic N) is 3. The van der Waals surface area contributed by atoms with Crippen molar-refractivity contribution < 1.29 is 4.79 Å². The van der Waals surface area contributed by atoms with Crippen LogP contribution in [0.1, 0.15) is 19.4 Å². The minimum absolute atomic E-state index is 0.0938. The highest BCUT2D eigenvalue weighted by atomic mass is 32.2. The Morgan fingerprint density at radius 2 is 2.08 bits per heavy atom. The molecule has 0 saturated heterocycles. The quantitative estimate of drug-likeness (QED) is 0.553. The maximum Gasteiger partial charge on any atom is 0.267 e. The van der Waals surface area contributed by atoms with Gasteiger partial charge < -0.3 is 5.32 Å². The van der Waals surface area contributed by atoms with E-state index in [-0.39, 0.29) is 16.7 Å². The average molecular weight is 368 g/mol. The predicted molar refractivity (Wildman–Crippen MR) is 104 cm³/mol. The van der Waals surface area contributed by atoms with E-state index < -0.39 is 0 Å². The zero-order valence-electron chi connectivity index (χ0n) is 14.9. The molecular weight excluding hydrogens is 348 g/mol. The minimum Gasteiger partial charge on any atom is -0.355 e. The molecule has 26 heavy (non-hydrogen) atoms. The van der Waals surface area contributed by atoms with E-state index in [0.29, 0.717) is 28.4 Å². The number of benzene rings is 1. The molecule has 1 aromatic carbocycles. The number of fused-ring (bicyclic) bond motifs is 1. The highest BCUT2D eigenvalue weighted by Crippen LogP contribution is 2.24. The first-order valence-corrected chi connectivity index (χ1v) is 9.28. The summed E-state index contributed by atoms with van der Waals surface area (Å²) in [5.41, 5.74) is 1.40. The third kappa shape index (κ3) is 3.62. The van der Waals surface area contributed by atoms with E-state index in [2.05, 4.69) is 15.3 Å². The molecule has 1 N–H and O–H groups in total. The molecule has 0 aliphatic rings. The SMILES string of the molecule is CCNC(=O)C(C)Sc1nc2ccccc2c(=O)n1-c1cc(C)ccn1. The van der Waals surface area contributed by atoms with Crippen molar-refractivity contribution in [1.82, 2.24) is 19.9 Å². The molecule has 0 aliphatic heterocycles. The summed E-state index contributed by atoms with van der Waals surface area (Å²) in [6.45, 7) is 6.16. The largest absolute Gasteiger partial charge is 0.355 e. The van der Waals surface area contributed by atoms with Crippen molar-refractivity contribution in [1.29, 1.82) is 0 Å². The first kappa shape index (κ1) is 18.1. The van der Waals surface area contributed by atoms with E-state index in [9.17, 15) is 9.59 Å². The second kappa shape index (κ2) is 7.70. The molecule has 1 amide bonds. The lowest BCUT2D eigenvalue weighted by Crippen LogP contribution is -2.31. The van der Waals surface area contributed by atoms with Crippen LogP contribution in [0.2, 0.25) is 0 Å². The Hall–Kier alpha value is -2.67. The van der Waals surface area contributed by atoms with Crippen LogP contribution in [-0.2, 0) is 4.79 Å². The molecule has 0 fully saturated rings. The maximum absolute atomic E-state index is 13.1. The van der Waals surface area contributed by atoms with Crippen molar-refractivity contribution in [3.05, 3.63) is 58.5 Å². The van der Waals surface area contributed by atoms with E-state index >= 15 is 0 Å². The molecule has 2 aromatic heterocycles. The van der Waals surface area contributed by atoms with Crippen LogP contribution < -0.4 is 10.9 Å². The molecule has 3 aromatic rings. The molecule has 0 bridgehead atoms. The van der Waals surface area contributed by atoms with Gasteiger partial charge in [0.15, 0.2) is 5.16 Å². The van der Waals surface area contributed by atoms with E-state index in [4.69, 9.17) is 0 Å². The summed E-state index contributed by atoms with van der Waals surface area (Å²) in [5.74, 6) is 0.405. The number of hydrogen-bond acceptors (Lipinski definition) is 5. The van der Waals surface area contributed by atoms with Gasteiger partial charge in [0.1, 0.15) is 5.82 Å². The Morgan fingerprint density at radius 1 is 1.31 bits per heavy atom. The van der Waals surface area contributed by atoms with E-state index in [1.807, 2.05) is 38.1 Å². The lowest BCUT2D eigenvalue weighted by molar-refractivity contribution is -0.120. The summed E-state index contributed by atoms with van der Waals surface area (Å²) in [6.07, 6.45) is 1.66. The van der Waals surface area contributed by atoms with Crippen molar-refractivity contribution in [3.63, 3.8) is 0 Å². The number of pyridine rings is 1. The van der Waals surface area contributed by atoms with Gasteiger partial charge in [-0.05, 0) is 50.6 Å². The predicted octanol–water partition coefficient (Wildman–Crippen LogP) is 2.71. The van der Waals surface area contributed by atoms with Gasteiger partial charge in [-0.2, -0.15) is 0 Å². The van der Waals surface area contributed by atoms with Gasteiger partial charge in [0.2, 0.25) is 5.91 Å². The van der Waals surface area contributed by atoms with Crippen LogP contribution in [0.3, 0.4) is 0 Å². The number of aryl methyl sites for hydroxylation is 1. The van der Waals surface area contributed by atoms with Gasteiger partial charge in [-0.3, -0.25) is 9.59 Å². The van der Waals surface area contributed by atoms with Gasteiger partial charge in [-0.25, -0.2) is 14.5 Å². The fourth-order valence-corrected chi connectivity index (χ4v) is 3.51. The second-order valence-electron chi connectivity index (χ2n) is 5.90. The lowest BCUT2D eigenvalue weighted by Gasteiger charge is -2.15. The molecule has 0 aliphatic carbocycles. The fraction of sp³-hybridized carbons (Fsp3) is 0.263. The van der Waals surface area contributed by atoms with Crippen LogP contribution in [0.5, 0.6) is 0 Å². The average Bonchev–Trinajstić information content (AvgIpc) is 2.62. The normalized spacial score (nSPS) is 12.1. The fourth-order valence-electron chi connectivity index (χ4n) is 2.57. The lowest BCUT2D eigenvalue weighted by atomic mass is 10.2. The van der Waals surface area contributed by atoms with Gasteiger partial charge in [0.25, 0.3) is 5.56 Å². The number of para-hydroxylation sites is 1. The summed E-state index contributed by atoms with van der Waals surface area (Å²) < 4.78 is 1.48. The standard InChI is InChI=1S/C19H20N4O2S/c1-4-20-17(24)13(3)26-19-22-15-8-6-5-7-14(15)18(25)23(19)16-11-12(2)9-10-21-16/h5-11,13H,4H2,1-3H3,(H,20,24). The monoisotopic (exact) mass is 368 g/mol. The summed E-state index contributed by atoms with van der Waals surface area (Å²) in [4.78, 5) is 34.2. The Bertz CT molecular complexity index is 1020. The second-order valence-corrected chi connectivity index (χ2v) is 7.21. The molecular formula is C19H20N4O2S. The third-order valence-corrected chi connectivity index (χ3v) is 4.93. The van der Waals surface area contributed by atoms with Crippen LogP contribution in [0.15, 0.2) is 52.5 Å². The highest BCUT2D eigenvalue weighted by molar-refractivity contribution is 8.00. The smallest absolute Gasteiger partial charge is 0.267 e. The maximum atomic E-state index is 13.1. The minimum atomic E-state index is -0.390. The van der Waals surface area contributed by atoms with Gasteiger partial charge in [0.05, 0.1) is 16.2 Å². The van der Waals surface area contributed by atoms with Gasteiger partial charge in [-0.15, -0.1) is 0 Å². The molecule has 3 rings (SSSR count). The van der Waals surface area contributed by atoms with Crippen molar-refractivity contribution in [2.45, 2.75) is 31.2 Å². The number of amides is 1. The summed E-state index contributed by atoms with van der Waals surface area (Å²) in [7, 11) is 0. The van der Waals surface area contributed by atoms with Crippen molar-refractivity contribution in [2.75, 3.05) is 6.54 Å². The van der Waals surface area contributed by atoms with E-state index in [0.717, 1.165) is 5.56 Å². The molecule has 2 heterocycles. The molecule has 1 unspecified atom stereocenters. The highest BCUT2D eigenvalue weighted by Gasteiger charge is 2.20. The van der Waals surface area contributed by atoms with Crippen molar-refractivity contribution in [2.24, 2.45) is 0 Å². The molecule has 134 valence electrons. The van der Waals surface area contributed by atoms with Crippen molar-refractivity contribution >= 4 is 28.6 Å². The third-order valence-electron chi connectivity index (χ3n) is 3.88. The van der Waals surface area contributed by atoms with Gasteiger partial charge in [-0.1, -0.05) is 23.9 Å². The van der Waals surface area contributed by atoms with E-state index in [1.54, 1.807) is 25.3 Å². The first-order chi connectivity index (χ1) is 12.5.